The van der Waals surface area contributed by atoms with Gasteiger partial charge in [0.1, 0.15) is 0 Å². The molecule has 1 saturated heterocycles. The Morgan fingerprint density at radius 1 is 1.06 bits per heavy atom. The summed E-state index contributed by atoms with van der Waals surface area (Å²) < 4.78 is 28.6. The van der Waals surface area contributed by atoms with Crippen molar-refractivity contribution in [3.05, 3.63) is 0 Å². The van der Waals surface area contributed by atoms with E-state index in [1.54, 1.807) is 8.61 Å². The molecule has 0 unspecified atom stereocenters. The molecule has 5 nitrogen and oxygen atoms in total. The lowest BCUT2D eigenvalue weighted by Gasteiger charge is -2.35. The third-order valence-electron chi connectivity index (χ3n) is 4.02. The van der Waals surface area contributed by atoms with E-state index >= 15 is 0 Å². The first-order valence-electron chi connectivity index (χ1n) is 7.13. The Morgan fingerprint density at radius 3 is 2.22 bits per heavy atom. The molecule has 0 radical (unpaired) electrons. The van der Waals surface area contributed by atoms with Gasteiger partial charge < -0.3 is 5.73 Å². The van der Waals surface area contributed by atoms with Gasteiger partial charge in [0, 0.05) is 32.2 Å². The van der Waals surface area contributed by atoms with Crippen molar-refractivity contribution >= 4 is 10.2 Å². The summed E-state index contributed by atoms with van der Waals surface area (Å²) in [6, 6.07) is 0.181. The Hall–Kier alpha value is -0.170. The molecule has 0 atom stereocenters. The van der Waals surface area contributed by atoms with E-state index in [0.29, 0.717) is 26.2 Å². The molecular weight excluding hydrogens is 250 g/mol. The highest BCUT2D eigenvalue weighted by atomic mass is 32.2. The zero-order valence-electron chi connectivity index (χ0n) is 11.1. The molecule has 0 aromatic carbocycles. The highest BCUT2D eigenvalue weighted by Gasteiger charge is 2.36. The normalized spacial score (nSPS) is 23.9. The average molecular weight is 275 g/mol. The molecule has 1 saturated carbocycles. The predicted octanol–water partition coefficient (Wildman–Crippen LogP) is 0.920. The topological polar surface area (TPSA) is 66.6 Å². The van der Waals surface area contributed by atoms with E-state index in [1.165, 1.54) is 0 Å². The molecular formula is C12H25N3O2S. The van der Waals surface area contributed by atoms with E-state index in [1.807, 2.05) is 0 Å². The molecule has 2 N–H and O–H groups in total. The quantitative estimate of drug-likeness (QED) is 0.811. The van der Waals surface area contributed by atoms with Gasteiger partial charge in [0.2, 0.25) is 0 Å². The molecule has 106 valence electrons. The molecule has 0 bridgehead atoms. The van der Waals surface area contributed by atoms with Crippen LogP contribution in [-0.2, 0) is 10.2 Å². The summed E-state index contributed by atoms with van der Waals surface area (Å²) in [5.41, 5.74) is 5.60. The molecule has 2 aliphatic rings. The van der Waals surface area contributed by atoms with E-state index in [-0.39, 0.29) is 6.04 Å². The number of hydrogen-bond donors (Lipinski definition) is 1. The minimum atomic E-state index is -3.28. The predicted molar refractivity (Wildman–Crippen MR) is 72.4 cm³/mol. The van der Waals surface area contributed by atoms with Crippen molar-refractivity contribution in [2.45, 2.75) is 51.0 Å². The Labute approximate surface area is 110 Å². The standard InChI is InChI=1S/C12H25N3O2S/c13-8-11-15(12-6-2-3-7-12)18(16,17)14-9-4-1-5-10-14/h12H,1-11,13H2. The van der Waals surface area contributed by atoms with E-state index in [0.717, 1.165) is 44.9 Å². The van der Waals surface area contributed by atoms with Gasteiger partial charge in [-0.1, -0.05) is 19.3 Å². The molecule has 1 aliphatic carbocycles. The van der Waals surface area contributed by atoms with Gasteiger partial charge in [0.25, 0.3) is 10.2 Å². The smallest absolute Gasteiger partial charge is 0.282 e. The maximum atomic E-state index is 12.7. The average Bonchev–Trinajstić information content (AvgIpc) is 2.90. The fourth-order valence-corrected chi connectivity index (χ4v) is 4.99. The summed E-state index contributed by atoms with van der Waals surface area (Å²) in [6.07, 6.45) is 7.38. The Morgan fingerprint density at radius 2 is 1.67 bits per heavy atom. The van der Waals surface area contributed by atoms with Crippen LogP contribution in [0.4, 0.5) is 0 Å². The SMILES string of the molecule is NCCN(C1CCCC1)S(=O)(=O)N1CCCCC1. The van der Waals surface area contributed by atoms with Gasteiger partial charge in [-0.05, 0) is 25.7 Å². The summed E-state index contributed by atoms with van der Waals surface area (Å²) in [5.74, 6) is 0. The molecule has 0 aromatic rings. The maximum absolute atomic E-state index is 12.7. The monoisotopic (exact) mass is 275 g/mol. The van der Waals surface area contributed by atoms with Crippen LogP contribution in [0.3, 0.4) is 0 Å². The summed E-state index contributed by atoms with van der Waals surface area (Å²) in [4.78, 5) is 0. The van der Waals surface area contributed by atoms with Crippen LogP contribution in [0.1, 0.15) is 44.9 Å². The molecule has 1 heterocycles. The molecule has 1 aliphatic heterocycles. The zero-order chi connectivity index (χ0) is 13.0. The van der Waals surface area contributed by atoms with Gasteiger partial charge in [0.15, 0.2) is 0 Å². The summed E-state index contributed by atoms with van der Waals surface area (Å²) in [6.45, 7) is 2.22. The molecule has 2 rings (SSSR count). The number of nitrogens with zero attached hydrogens (tertiary/aromatic N) is 2. The summed E-state index contributed by atoms with van der Waals surface area (Å²) in [7, 11) is -3.28. The van der Waals surface area contributed by atoms with Crippen molar-refractivity contribution in [2.24, 2.45) is 5.73 Å². The summed E-state index contributed by atoms with van der Waals surface area (Å²) in [5, 5.41) is 0. The molecule has 2 fully saturated rings. The van der Waals surface area contributed by atoms with E-state index in [9.17, 15) is 8.42 Å². The molecule has 0 aromatic heterocycles. The third kappa shape index (κ3) is 3.04. The van der Waals surface area contributed by atoms with Crippen molar-refractivity contribution in [3.63, 3.8) is 0 Å². The lowest BCUT2D eigenvalue weighted by Crippen LogP contribution is -2.50. The van der Waals surface area contributed by atoms with E-state index in [4.69, 9.17) is 5.73 Å². The van der Waals surface area contributed by atoms with Crippen LogP contribution >= 0.6 is 0 Å². The second kappa shape index (κ2) is 6.32. The maximum Gasteiger partial charge on any atom is 0.282 e. The van der Waals surface area contributed by atoms with Crippen LogP contribution < -0.4 is 5.73 Å². The fourth-order valence-electron chi connectivity index (χ4n) is 3.05. The highest BCUT2D eigenvalue weighted by molar-refractivity contribution is 7.86. The first-order valence-corrected chi connectivity index (χ1v) is 8.53. The van der Waals surface area contributed by atoms with Gasteiger partial charge >= 0.3 is 0 Å². The van der Waals surface area contributed by atoms with Gasteiger partial charge in [-0.15, -0.1) is 0 Å². The van der Waals surface area contributed by atoms with Crippen molar-refractivity contribution in [3.8, 4) is 0 Å². The number of rotatable bonds is 5. The Kier molecular flexibility index (Phi) is 5.00. The minimum Gasteiger partial charge on any atom is -0.329 e. The van der Waals surface area contributed by atoms with Crippen molar-refractivity contribution < 1.29 is 8.42 Å². The fraction of sp³-hybridized carbons (Fsp3) is 1.00. The van der Waals surface area contributed by atoms with Crippen LogP contribution in [0.5, 0.6) is 0 Å². The lowest BCUT2D eigenvalue weighted by molar-refractivity contribution is 0.270. The number of piperidine rings is 1. The highest BCUT2D eigenvalue weighted by Crippen LogP contribution is 2.27. The summed E-state index contributed by atoms with van der Waals surface area (Å²) >= 11 is 0. The largest absolute Gasteiger partial charge is 0.329 e. The second-order valence-corrected chi connectivity index (χ2v) is 7.19. The van der Waals surface area contributed by atoms with Crippen LogP contribution in [0.2, 0.25) is 0 Å². The van der Waals surface area contributed by atoms with Crippen LogP contribution in [0.15, 0.2) is 0 Å². The first kappa shape index (κ1) is 14.2. The van der Waals surface area contributed by atoms with Gasteiger partial charge in [-0.25, -0.2) is 0 Å². The van der Waals surface area contributed by atoms with Crippen LogP contribution in [-0.4, -0.2) is 49.2 Å². The third-order valence-corrected chi connectivity index (χ3v) is 6.11. The molecule has 18 heavy (non-hydrogen) atoms. The molecule has 0 amide bonds. The lowest BCUT2D eigenvalue weighted by atomic mass is 10.2. The number of nitrogens with two attached hydrogens (primary N) is 1. The van der Waals surface area contributed by atoms with Gasteiger partial charge in [-0.3, -0.25) is 0 Å². The second-order valence-electron chi connectivity index (χ2n) is 5.31. The number of hydrogen-bond acceptors (Lipinski definition) is 3. The Bertz CT molecular complexity index is 346. The van der Waals surface area contributed by atoms with Crippen molar-refractivity contribution in [2.75, 3.05) is 26.2 Å². The van der Waals surface area contributed by atoms with Crippen molar-refractivity contribution in [1.82, 2.24) is 8.61 Å². The zero-order valence-corrected chi connectivity index (χ0v) is 11.9. The minimum absolute atomic E-state index is 0.181. The van der Waals surface area contributed by atoms with E-state index < -0.39 is 10.2 Å². The van der Waals surface area contributed by atoms with Crippen molar-refractivity contribution in [1.29, 1.82) is 0 Å². The van der Waals surface area contributed by atoms with Crippen LogP contribution in [0, 0.1) is 0 Å². The molecule has 0 spiro atoms. The first-order chi connectivity index (χ1) is 8.66. The Balaban J connectivity index is 2.11. The van der Waals surface area contributed by atoms with Gasteiger partial charge in [0.05, 0.1) is 0 Å². The van der Waals surface area contributed by atoms with Crippen LogP contribution in [0.25, 0.3) is 0 Å². The van der Waals surface area contributed by atoms with E-state index in [2.05, 4.69) is 0 Å². The molecule has 6 heteroatoms. The van der Waals surface area contributed by atoms with Gasteiger partial charge in [-0.2, -0.15) is 17.0 Å².